The fourth-order valence-electron chi connectivity index (χ4n) is 4.55. The quantitative estimate of drug-likeness (QED) is 0.786. The van der Waals surface area contributed by atoms with E-state index in [1.54, 1.807) is 0 Å². The fourth-order valence-corrected chi connectivity index (χ4v) is 4.55. The van der Waals surface area contributed by atoms with Crippen molar-refractivity contribution >= 4 is 16.6 Å². The maximum Gasteiger partial charge on any atom is 0.0563 e. The Hall–Kier alpha value is -2.48. The standard InChI is InChI=1S/C22H22N2/c23-19-9-5-11-21-22(19)18-8-3-4-10-20(18)24(21)17-13-12-15-6-1-2-7-16(15)14-17/h2-4,7-10,12-13,17H,1,5-6,11,14,23H2. The molecule has 0 amide bonds. The minimum absolute atomic E-state index is 0.394. The summed E-state index contributed by atoms with van der Waals surface area (Å²) in [6.45, 7) is 0. The zero-order valence-electron chi connectivity index (χ0n) is 13.8. The van der Waals surface area contributed by atoms with Crippen LogP contribution < -0.4 is 5.73 Å². The van der Waals surface area contributed by atoms with Gasteiger partial charge in [-0.2, -0.15) is 0 Å². The zero-order chi connectivity index (χ0) is 16.1. The number of fused-ring (bicyclic) bond motifs is 3. The first-order valence-corrected chi connectivity index (χ1v) is 8.97. The molecule has 3 aliphatic rings. The van der Waals surface area contributed by atoms with Crippen LogP contribution in [-0.2, 0) is 6.42 Å². The van der Waals surface area contributed by atoms with Crippen molar-refractivity contribution in [2.45, 2.75) is 38.1 Å². The highest BCUT2D eigenvalue weighted by molar-refractivity contribution is 5.95. The van der Waals surface area contributed by atoms with Gasteiger partial charge in [-0.15, -0.1) is 0 Å². The van der Waals surface area contributed by atoms with Gasteiger partial charge in [0, 0.05) is 27.9 Å². The molecule has 0 spiro atoms. The summed E-state index contributed by atoms with van der Waals surface area (Å²) >= 11 is 0. The van der Waals surface area contributed by atoms with Crippen molar-refractivity contribution in [1.29, 1.82) is 0 Å². The molecule has 3 aliphatic carbocycles. The molecule has 2 N–H and O–H groups in total. The molecule has 0 bridgehead atoms. The van der Waals surface area contributed by atoms with E-state index in [4.69, 9.17) is 5.73 Å². The fraction of sp³-hybridized carbons (Fsp3) is 0.273. The lowest BCUT2D eigenvalue weighted by atomic mass is 9.88. The van der Waals surface area contributed by atoms with E-state index in [0.717, 1.165) is 25.0 Å². The maximum atomic E-state index is 6.37. The third-order valence-electron chi connectivity index (χ3n) is 5.64. The number of benzene rings is 1. The monoisotopic (exact) mass is 314 g/mol. The van der Waals surface area contributed by atoms with Crippen LogP contribution in [0.5, 0.6) is 0 Å². The lowest BCUT2D eigenvalue weighted by Crippen LogP contribution is -2.16. The minimum atomic E-state index is 0.394. The normalized spacial score (nSPS) is 22.5. The van der Waals surface area contributed by atoms with Gasteiger partial charge in [-0.05, 0) is 49.3 Å². The van der Waals surface area contributed by atoms with Gasteiger partial charge in [0.05, 0.1) is 6.04 Å². The van der Waals surface area contributed by atoms with Crippen LogP contribution in [-0.4, -0.2) is 4.57 Å². The van der Waals surface area contributed by atoms with Crippen molar-refractivity contribution in [3.63, 3.8) is 0 Å². The van der Waals surface area contributed by atoms with Crippen LogP contribution in [0.2, 0.25) is 0 Å². The molecule has 2 nitrogen and oxygen atoms in total. The summed E-state index contributed by atoms with van der Waals surface area (Å²) < 4.78 is 2.55. The maximum absolute atomic E-state index is 6.37. The van der Waals surface area contributed by atoms with Crippen LogP contribution in [0, 0.1) is 0 Å². The highest BCUT2D eigenvalue weighted by Gasteiger charge is 2.26. The summed E-state index contributed by atoms with van der Waals surface area (Å²) in [4.78, 5) is 0. The van der Waals surface area contributed by atoms with E-state index in [9.17, 15) is 0 Å². The molecule has 5 rings (SSSR count). The highest BCUT2D eigenvalue weighted by atomic mass is 15.0. The van der Waals surface area contributed by atoms with E-state index in [2.05, 4.69) is 59.2 Å². The number of hydrogen-bond donors (Lipinski definition) is 1. The molecule has 2 aromatic rings. The Bertz CT molecular complexity index is 950. The van der Waals surface area contributed by atoms with Crippen molar-refractivity contribution < 1.29 is 0 Å². The second-order valence-electron chi connectivity index (χ2n) is 7.03. The van der Waals surface area contributed by atoms with Crippen LogP contribution in [0.1, 0.15) is 43.0 Å². The molecule has 120 valence electrons. The van der Waals surface area contributed by atoms with Crippen molar-refractivity contribution in [2.24, 2.45) is 5.73 Å². The first kappa shape index (κ1) is 13.9. The second-order valence-corrected chi connectivity index (χ2v) is 7.03. The smallest absolute Gasteiger partial charge is 0.0563 e. The lowest BCUT2D eigenvalue weighted by molar-refractivity contribution is 0.582. The topological polar surface area (TPSA) is 30.9 Å². The van der Waals surface area contributed by atoms with Gasteiger partial charge in [0.15, 0.2) is 0 Å². The van der Waals surface area contributed by atoms with Crippen LogP contribution >= 0.6 is 0 Å². The van der Waals surface area contributed by atoms with Gasteiger partial charge < -0.3 is 10.3 Å². The molecule has 0 radical (unpaired) electrons. The van der Waals surface area contributed by atoms with Gasteiger partial charge in [0.1, 0.15) is 0 Å². The number of allylic oxidation sites excluding steroid dienone is 7. The average molecular weight is 314 g/mol. The molecule has 1 unspecified atom stereocenters. The van der Waals surface area contributed by atoms with Crippen molar-refractivity contribution in [1.82, 2.24) is 4.57 Å². The molecule has 0 saturated heterocycles. The summed E-state index contributed by atoms with van der Waals surface area (Å²) in [5.74, 6) is 0. The van der Waals surface area contributed by atoms with E-state index < -0.39 is 0 Å². The third-order valence-corrected chi connectivity index (χ3v) is 5.64. The Morgan fingerprint density at radius 3 is 2.88 bits per heavy atom. The number of rotatable bonds is 1. The Balaban J connectivity index is 1.69. The van der Waals surface area contributed by atoms with E-state index >= 15 is 0 Å². The zero-order valence-corrected chi connectivity index (χ0v) is 13.8. The predicted octanol–water partition coefficient (Wildman–Crippen LogP) is 5.03. The van der Waals surface area contributed by atoms with Gasteiger partial charge in [-0.3, -0.25) is 0 Å². The number of nitrogens with two attached hydrogens (primary N) is 1. The summed E-state index contributed by atoms with van der Waals surface area (Å²) in [6, 6.07) is 9.12. The lowest BCUT2D eigenvalue weighted by Gasteiger charge is -2.27. The molecule has 1 atom stereocenters. The number of hydrogen-bond acceptors (Lipinski definition) is 1. The molecular formula is C22H22N2. The van der Waals surface area contributed by atoms with Crippen LogP contribution in [0.4, 0.5) is 0 Å². The molecule has 2 heteroatoms. The van der Waals surface area contributed by atoms with E-state index in [0.29, 0.717) is 6.04 Å². The van der Waals surface area contributed by atoms with Crippen molar-refractivity contribution in [3.8, 4) is 0 Å². The number of aromatic nitrogens is 1. The minimum Gasteiger partial charge on any atom is -0.398 e. The Morgan fingerprint density at radius 1 is 1.00 bits per heavy atom. The first-order chi connectivity index (χ1) is 11.8. The van der Waals surface area contributed by atoms with Crippen molar-refractivity contribution in [2.75, 3.05) is 0 Å². The van der Waals surface area contributed by atoms with Crippen LogP contribution in [0.25, 0.3) is 16.6 Å². The van der Waals surface area contributed by atoms with Crippen LogP contribution in [0.15, 0.2) is 65.8 Å². The SMILES string of the molecule is NC1=CCCc2c1c1ccccc1n2C1C=CC2=C(C=CCC2)C1. The third kappa shape index (κ3) is 1.96. The number of para-hydroxylation sites is 1. The van der Waals surface area contributed by atoms with Crippen molar-refractivity contribution in [3.05, 3.63) is 77.0 Å². The molecule has 0 fully saturated rings. The second kappa shape index (κ2) is 5.27. The van der Waals surface area contributed by atoms with Gasteiger partial charge in [0.2, 0.25) is 0 Å². The average Bonchev–Trinajstić information content (AvgIpc) is 2.97. The molecule has 0 aliphatic heterocycles. The van der Waals surface area contributed by atoms with Crippen LogP contribution in [0.3, 0.4) is 0 Å². The summed E-state index contributed by atoms with van der Waals surface area (Å²) in [7, 11) is 0. The molecule has 0 saturated carbocycles. The Morgan fingerprint density at radius 2 is 1.92 bits per heavy atom. The van der Waals surface area contributed by atoms with E-state index in [1.165, 1.54) is 46.1 Å². The largest absolute Gasteiger partial charge is 0.398 e. The van der Waals surface area contributed by atoms with Gasteiger partial charge >= 0.3 is 0 Å². The first-order valence-electron chi connectivity index (χ1n) is 8.97. The number of nitrogens with zero attached hydrogens (tertiary/aromatic N) is 1. The van der Waals surface area contributed by atoms with E-state index in [-0.39, 0.29) is 0 Å². The Kier molecular flexibility index (Phi) is 3.05. The highest BCUT2D eigenvalue weighted by Crippen LogP contribution is 2.40. The molecule has 24 heavy (non-hydrogen) atoms. The predicted molar refractivity (Wildman–Crippen MR) is 101 cm³/mol. The molecular weight excluding hydrogens is 292 g/mol. The van der Waals surface area contributed by atoms with Gasteiger partial charge in [-0.1, -0.05) is 48.6 Å². The summed E-state index contributed by atoms with van der Waals surface area (Å²) in [6.07, 6.45) is 17.2. The Labute approximate surface area is 142 Å². The molecule has 1 aromatic carbocycles. The van der Waals surface area contributed by atoms with Gasteiger partial charge in [-0.25, -0.2) is 0 Å². The van der Waals surface area contributed by atoms with E-state index in [1.807, 2.05) is 0 Å². The van der Waals surface area contributed by atoms with Gasteiger partial charge in [0.25, 0.3) is 0 Å². The molecule has 1 heterocycles. The summed E-state index contributed by atoms with van der Waals surface area (Å²) in [5.41, 5.74) is 14.4. The molecule has 1 aromatic heterocycles. The summed E-state index contributed by atoms with van der Waals surface area (Å²) in [5, 5.41) is 1.30.